The monoisotopic (exact) mass is 286 g/mol. The standard InChI is InChI=1S/C17H18O2S/c18-16(12-20-14-8-2-1-3-9-14)15-10-4-6-13-7-5-11-19-17(13)15/h1-4,6,8-10,16,18H,5,7,11-12H2. The molecule has 20 heavy (non-hydrogen) atoms. The van der Waals surface area contributed by atoms with Crippen molar-refractivity contribution in [2.75, 3.05) is 12.4 Å². The van der Waals surface area contributed by atoms with Crippen molar-refractivity contribution in [1.82, 2.24) is 0 Å². The predicted octanol–water partition coefficient (Wildman–Crippen LogP) is 3.84. The van der Waals surface area contributed by atoms with Crippen LogP contribution in [0.5, 0.6) is 5.75 Å². The van der Waals surface area contributed by atoms with Crippen molar-refractivity contribution in [3.8, 4) is 5.75 Å². The molecule has 3 heteroatoms. The molecule has 3 rings (SSSR count). The third kappa shape index (κ3) is 3.00. The van der Waals surface area contributed by atoms with Crippen LogP contribution in [0.2, 0.25) is 0 Å². The lowest BCUT2D eigenvalue weighted by molar-refractivity contribution is 0.192. The Balaban J connectivity index is 1.72. The first-order chi connectivity index (χ1) is 9.84. The van der Waals surface area contributed by atoms with Crippen molar-refractivity contribution >= 4 is 11.8 Å². The molecule has 0 saturated heterocycles. The van der Waals surface area contributed by atoms with E-state index in [1.165, 1.54) is 10.5 Å². The van der Waals surface area contributed by atoms with Crippen LogP contribution in [0, 0.1) is 0 Å². The SMILES string of the molecule is OC(CSc1ccccc1)c1cccc2c1OCCC2. The van der Waals surface area contributed by atoms with E-state index in [0.717, 1.165) is 30.8 Å². The summed E-state index contributed by atoms with van der Waals surface area (Å²) in [6.45, 7) is 0.753. The van der Waals surface area contributed by atoms with Crippen LogP contribution in [0.25, 0.3) is 0 Å². The summed E-state index contributed by atoms with van der Waals surface area (Å²) in [6.07, 6.45) is 1.61. The summed E-state index contributed by atoms with van der Waals surface area (Å²) in [6, 6.07) is 16.2. The summed E-state index contributed by atoms with van der Waals surface area (Å²) >= 11 is 1.67. The summed E-state index contributed by atoms with van der Waals surface area (Å²) in [5.41, 5.74) is 2.14. The molecule has 1 N–H and O–H groups in total. The van der Waals surface area contributed by atoms with Gasteiger partial charge in [-0.2, -0.15) is 0 Å². The summed E-state index contributed by atoms with van der Waals surface area (Å²) in [5, 5.41) is 10.4. The van der Waals surface area contributed by atoms with E-state index in [9.17, 15) is 5.11 Å². The lowest BCUT2D eigenvalue weighted by atomic mass is 10.00. The van der Waals surface area contributed by atoms with Gasteiger partial charge in [-0.05, 0) is 30.5 Å². The minimum absolute atomic E-state index is 0.492. The maximum Gasteiger partial charge on any atom is 0.128 e. The highest BCUT2D eigenvalue weighted by Crippen LogP contribution is 2.35. The zero-order chi connectivity index (χ0) is 13.8. The number of aryl methyl sites for hydroxylation is 1. The highest BCUT2D eigenvalue weighted by molar-refractivity contribution is 7.99. The molecule has 2 aromatic carbocycles. The van der Waals surface area contributed by atoms with E-state index in [4.69, 9.17) is 4.74 Å². The van der Waals surface area contributed by atoms with Crippen LogP contribution >= 0.6 is 11.8 Å². The van der Waals surface area contributed by atoms with E-state index < -0.39 is 6.10 Å². The molecule has 2 nitrogen and oxygen atoms in total. The smallest absolute Gasteiger partial charge is 0.128 e. The van der Waals surface area contributed by atoms with E-state index in [1.807, 2.05) is 30.3 Å². The number of hydrogen-bond acceptors (Lipinski definition) is 3. The molecule has 1 atom stereocenters. The molecule has 0 fully saturated rings. The van der Waals surface area contributed by atoms with Gasteiger partial charge in [-0.1, -0.05) is 36.4 Å². The van der Waals surface area contributed by atoms with Gasteiger partial charge in [-0.15, -0.1) is 11.8 Å². The Labute approximate surface area is 123 Å². The first-order valence-corrected chi connectivity index (χ1v) is 7.93. The molecule has 1 heterocycles. The number of benzene rings is 2. The molecule has 0 aliphatic carbocycles. The van der Waals surface area contributed by atoms with Crippen LogP contribution < -0.4 is 4.74 Å². The Bertz CT molecular complexity index is 568. The van der Waals surface area contributed by atoms with Crippen LogP contribution in [0.3, 0.4) is 0 Å². The minimum atomic E-state index is -0.492. The van der Waals surface area contributed by atoms with E-state index in [1.54, 1.807) is 11.8 Å². The first kappa shape index (κ1) is 13.5. The fraction of sp³-hybridized carbons (Fsp3) is 0.294. The van der Waals surface area contributed by atoms with Gasteiger partial charge in [0.2, 0.25) is 0 Å². The molecule has 0 amide bonds. The minimum Gasteiger partial charge on any atom is -0.493 e. The second kappa shape index (κ2) is 6.33. The van der Waals surface area contributed by atoms with Crippen LogP contribution in [0.15, 0.2) is 53.4 Å². The molecule has 1 unspecified atom stereocenters. The van der Waals surface area contributed by atoms with Gasteiger partial charge in [-0.25, -0.2) is 0 Å². The third-order valence-electron chi connectivity index (χ3n) is 3.47. The molecule has 0 bridgehead atoms. The average Bonchev–Trinajstić information content (AvgIpc) is 2.53. The van der Waals surface area contributed by atoms with Crippen molar-refractivity contribution in [1.29, 1.82) is 0 Å². The fourth-order valence-corrected chi connectivity index (χ4v) is 3.34. The highest BCUT2D eigenvalue weighted by Gasteiger charge is 2.19. The van der Waals surface area contributed by atoms with Gasteiger partial charge in [0.25, 0.3) is 0 Å². The van der Waals surface area contributed by atoms with Crippen molar-refractivity contribution in [2.45, 2.75) is 23.8 Å². The Morgan fingerprint density at radius 2 is 1.95 bits per heavy atom. The Morgan fingerprint density at radius 1 is 1.10 bits per heavy atom. The molecule has 0 radical (unpaired) electrons. The Morgan fingerprint density at radius 3 is 2.80 bits per heavy atom. The van der Waals surface area contributed by atoms with Crippen molar-refractivity contribution in [2.24, 2.45) is 0 Å². The lowest BCUT2D eigenvalue weighted by Gasteiger charge is -2.22. The number of fused-ring (bicyclic) bond motifs is 1. The number of aliphatic hydroxyl groups is 1. The zero-order valence-corrected chi connectivity index (χ0v) is 12.1. The predicted molar refractivity (Wildman–Crippen MR) is 82.4 cm³/mol. The molecule has 1 aliphatic rings. The fourth-order valence-electron chi connectivity index (χ4n) is 2.46. The topological polar surface area (TPSA) is 29.5 Å². The summed E-state index contributed by atoms with van der Waals surface area (Å²) < 4.78 is 5.76. The second-order valence-electron chi connectivity index (χ2n) is 4.93. The highest BCUT2D eigenvalue weighted by atomic mass is 32.2. The maximum atomic E-state index is 10.4. The third-order valence-corrected chi connectivity index (χ3v) is 4.56. The van der Waals surface area contributed by atoms with Gasteiger partial charge in [0, 0.05) is 16.2 Å². The van der Waals surface area contributed by atoms with Gasteiger partial charge >= 0.3 is 0 Å². The molecule has 0 spiro atoms. The first-order valence-electron chi connectivity index (χ1n) is 6.95. The molecule has 1 aliphatic heterocycles. The van der Waals surface area contributed by atoms with Gasteiger partial charge in [0.1, 0.15) is 5.75 Å². The normalized spacial score (nSPS) is 15.2. The van der Waals surface area contributed by atoms with Crippen molar-refractivity contribution in [3.63, 3.8) is 0 Å². The van der Waals surface area contributed by atoms with Crippen molar-refractivity contribution in [3.05, 3.63) is 59.7 Å². The lowest BCUT2D eigenvalue weighted by Crippen LogP contribution is -2.13. The summed E-state index contributed by atoms with van der Waals surface area (Å²) in [4.78, 5) is 1.18. The van der Waals surface area contributed by atoms with Crippen LogP contribution in [0.1, 0.15) is 23.7 Å². The number of rotatable bonds is 4. The summed E-state index contributed by atoms with van der Waals surface area (Å²) in [5.74, 6) is 1.55. The van der Waals surface area contributed by atoms with Gasteiger partial charge < -0.3 is 9.84 Å². The number of hydrogen-bond donors (Lipinski definition) is 1. The van der Waals surface area contributed by atoms with E-state index in [0.29, 0.717) is 5.75 Å². The second-order valence-corrected chi connectivity index (χ2v) is 6.02. The molecular formula is C17H18O2S. The average molecular weight is 286 g/mol. The van der Waals surface area contributed by atoms with Crippen LogP contribution in [-0.4, -0.2) is 17.5 Å². The van der Waals surface area contributed by atoms with E-state index >= 15 is 0 Å². The molecule has 104 valence electrons. The Hall–Kier alpha value is -1.45. The molecule has 0 aromatic heterocycles. The zero-order valence-electron chi connectivity index (χ0n) is 11.3. The number of aliphatic hydroxyl groups excluding tert-OH is 1. The largest absolute Gasteiger partial charge is 0.493 e. The quantitative estimate of drug-likeness (QED) is 0.866. The summed E-state index contributed by atoms with van der Waals surface area (Å²) in [7, 11) is 0. The maximum absolute atomic E-state index is 10.4. The van der Waals surface area contributed by atoms with E-state index in [2.05, 4.69) is 18.2 Å². The number of para-hydroxylation sites is 1. The van der Waals surface area contributed by atoms with Crippen LogP contribution in [0.4, 0.5) is 0 Å². The van der Waals surface area contributed by atoms with Crippen molar-refractivity contribution < 1.29 is 9.84 Å². The van der Waals surface area contributed by atoms with E-state index in [-0.39, 0.29) is 0 Å². The molecule has 0 saturated carbocycles. The van der Waals surface area contributed by atoms with Gasteiger partial charge in [0.05, 0.1) is 12.7 Å². The Kier molecular flexibility index (Phi) is 4.28. The van der Waals surface area contributed by atoms with Crippen LogP contribution in [-0.2, 0) is 6.42 Å². The van der Waals surface area contributed by atoms with Gasteiger partial charge in [-0.3, -0.25) is 0 Å². The number of ether oxygens (including phenoxy) is 1. The number of thioether (sulfide) groups is 1. The molecular weight excluding hydrogens is 268 g/mol. The molecule has 2 aromatic rings. The van der Waals surface area contributed by atoms with Gasteiger partial charge in [0.15, 0.2) is 0 Å².